The van der Waals surface area contributed by atoms with E-state index in [0.717, 1.165) is 11.1 Å². The number of aryl methyl sites for hydroxylation is 1. The average molecular weight is 731 g/mol. The van der Waals surface area contributed by atoms with Crippen LogP contribution >= 0.6 is 0 Å². The molecule has 0 spiro atoms. The van der Waals surface area contributed by atoms with E-state index in [9.17, 15) is 33.9 Å². The molecule has 1 fully saturated rings. The molecule has 6 rings (SSSR count). The van der Waals surface area contributed by atoms with Crippen LogP contribution in [0.25, 0.3) is 0 Å². The second-order valence-corrected chi connectivity index (χ2v) is 13.3. The summed E-state index contributed by atoms with van der Waals surface area (Å²) in [4.78, 5) is 86.4. The molecule has 16 nitrogen and oxygen atoms in total. The van der Waals surface area contributed by atoms with Crippen molar-refractivity contribution >= 4 is 35.4 Å². The minimum Gasteiger partial charge on any atom is -0.484 e. The zero-order valence-electron chi connectivity index (χ0n) is 29.9. The van der Waals surface area contributed by atoms with Gasteiger partial charge in [-0.2, -0.15) is 0 Å². The summed E-state index contributed by atoms with van der Waals surface area (Å²) in [7, 11) is 0. The number of hydrogen-bond acceptors (Lipinski definition) is 9. The first-order valence-electron chi connectivity index (χ1n) is 17.6. The normalized spacial score (nSPS) is 24.0. The molecule has 6 N–H and O–H groups in total. The number of amides is 6. The third-order valence-electron chi connectivity index (χ3n) is 9.23. The lowest BCUT2D eigenvalue weighted by atomic mass is 10.0. The second kappa shape index (κ2) is 17.6. The maximum Gasteiger partial charge on any atom is 0.258 e. The Morgan fingerprint density at radius 1 is 1.00 bits per heavy atom. The molecule has 3 aromatic rings. The number of nitrogens with one attached hydrogen (secondary N) is 5. The van der Waals surface area contributed by atoms with Gasteiger partial charge in [0.1, 0.15) is 42.3 Å². The molecule has 2 bridgehead atoms. The van der Waals surface area contributed by atoms with Crippen molar-refractivity contribution in [1.82, 2.24) is 41.0 Å². The van der Waals surface area contributed by atoms with Crippen LogP contribution in [0.5, 0.6) is 5.75 Å². The van der Waals surface area contributed by atoms with E-state index in [1.165, 1.54) is 18.7 Å². The Labute approximate surface area is 307 Å². The third kappa shape index (κ3) is 10.4. The topological polar surface area (TPSA) is 213 Å². The van der Waals surface area contributed by atoms with E-state index in [2.05, 4.69) is 31.6 Å². The summed E-state index contributed by atoms with van der Waals surface area (Å²) >= 11 is 0. The second-order valence-electron chi connectivity index (χ2n) is 13.3. The number of benzene rings is 2. The SMILES string of the molecule is Cc1nccn1CC(=O)N[C@H]1C[C@H]2C(=O)N[C@@H]([C@@H](C)O)C(=O)N[C@@H](C)C(=O)NCCc3ccc(cc3)OCC(=O)N[C@@H](Cc3ccccc3)C(=O)N2C1. The van der Waals surface area contributed by atoms with Crippen LogP contribution in [0.1, 0.15) is 37.2 Å². The van der Waals surface area contributed by atoms with Crippen LogP contribution in [0, 0.1) is 6.92 Å². The predicted octanol–water partition coefficient (Wildman–Crippen LogP) is -0.874. The van der Waals surface area contributed by atoms with E-state index in [0.29, 0.717) is 18.0 Å². The summed E-state index contributed by atoms with van der Waals surface area (Å²) in [5, 5.41) is 24.1. The number of rotatable bonds is 6. The molecule has 0 aliphatic carbocycles. The number of aliphatic hydroxyl groups is 1. The van der Waals surface area contributed by atoms with Crippen LogP contribution in [0.4, 0.5) is 0 Å². The van der Waals surface area contributed by atoms with Gasteiger partial charge in [0.15, 0.2) is 6.61 Å². The van der Waals surface area contributed by atoms with E-state index >= 15 is 0 Å². The van der Waals surface area contributed by atoms with Crippen molar-refractivity contribution in [3.63, 3.8) is 0 Å². The third-order valence-corrected chi connectivity index (χ3v) is 9.23. The number of nitrogens with zero attached hydrogens (tertiary/aromatic N) is 3. The maximum absolute atomic E-state index is 14.4. The molecule has 6 amide bonds. The van der Waals surface area contributed by atoms with Gasteiger partial charge in [-0.15, -0.1) is 0 Å². The standard InChI is InChI=1S/C37H46N8O8/c1-22-34(49)39-14-13-25-9-11-28(12-10-25)53-21-32(48)42-29(17-26-7-5-4-6-8-26)37(52)45-19-27(41-31(47)20-44-16-15-38-24(44)3)18-30(45)35(50)43-33(23(2)46)36(51)40-22/h4-12,15-16,22-23,27,29-30,33,46H,13-14,17-21H2,1-3H3,(H,39,49)(H,40,51)(H,41,47)(H,42,48)(H,43,50)/t22-,23+,27-,29-,30-,33-/m0/s1. The predicted molar refractivity (Wildman–Crippen MR) is 191 cm³/mol. The Morgan fingerprint density at radius 3 is 2.42 bits per heavy atom. The fraction of sp³-hybridized carbons (Fsp3) is 0.432. The van der Waals surface area contributed by atoms with Gasteiger partial charge in [0, 0.05) is 37.9 Å². The molecule has 0 unspecified atom stereocenters. The molecule has 0 radical (unpaired) electrons. The molecule has 4 heterocycles. The first-order chi connectivity index (χ1) is 25.4. The van der Waals surface area contributed by atoms with Crippen LogP contribution in [-0.4, -0.2) is 111 Å². The van der Waals surface area contributed by atoms with Crippen molar-refractivity contribution in [3.8, 4) is 5.75 Å². The van der Waals surface area contributed by atoms with Crippen LogP contribution in [-0.2, 0) is 48.2 Å². The Morgan fingerprint density at radius 2 is 1.74 bits per heavy atom. The van der Waals surface area contributed by atoms with Gasteiger partial charge < -0.3 is 45.9 Å². The molecule has 0 saturated carbocycles. The van der Waals surface area contributed by atoms with Gasteiger partial charge in [-0.1, -0.05) is 42.5 Å². The zero-order valence-corrected chi connectivity index (χ0v) is 29.9. The van der Waals surface area contributed by atoms with Crippen molar-refractivity contribution in [3.05, 3.63) is 83.9 Å². The van der Waals surface area contributed by atoms with Crippen LogP contribution in [0.15, 0.2) is 67.0 Å². The molecule has 1 aromatic heterocycles. The van der Waals surface area contributed by atoms with Gasteiger partial charge in [0.05, 0.1) is 6.10 Å². The molecule has 16 heteroatoms. The fourth-order valence-corrected chi connectivity index (χ4v) is 6.33. The Hall–Kier alpha value is -5.77. The van der Waals surface area contributed by atoms with E-state index in [-0.39, 0.29) is 38.4 Å². The molecule has 3 aliphatic heterocycles. The van der Waals surface area contributed by atoms with Gasteiger partial charge in [-0.25, -0.2) is 4.98 Å². The quantitative estimate of drug-likeness (QED) is 0.174. The van der Waals surface area contributed by atoms with Crippen LogP contribution < -0.4 is 31.3 Å². The number of imidazole rings is 1. The highest BCUT2D eigenvalue weighted by molar-refractivity contribution is 5.96. The summed E-state index contributed by atoms with van der Waals surface area (Å²) in [6.45, 7) is 4.30. The minimum absolute atomic E-state index is 0.0235. The van der Waals surface area contributed by atoms with Gasteiger partial charge in [0.25, 0.3) is 5.91 Å². The van der Waals surface area contributed by atoms with Crippen molar-refractivity contribution < 1.29 is 38.6 Å². The number of hydrogen-bond donors (Lipinski definition) is 6. The van der Waals surface area contributed by atoms with Crippen molar-refractivity contribution in [2.45, 2.75) is 82.9 Å². The van der Waals surface area contributed by atoms with Gasteiger partial charge in [0.2, 0.25) is 29.5 Å². The smallest absolute Gasteiger partial charge is 0.258 e. The van der Waals surface area contributed by atoms with Crippen molar-refractivity contribution in [2.75, 3.05) is 19.7 Å². The maximum atomic E-state index is 14.4. The summed E-state index contributed by atoms with van der Waals surface area (Å²) in [6.07, 6.45) is 2.38. The number of carbonyl (C=O) groups excluding carboxylic acids is 6. The van der Waals surface area contributed by atoms with Crippen LogP contribution in [0.3, 0.4) is 0 Å². The van der Waals surface area contributed by atoms with Crippen molar-refractivity contribution in [2.24, 2.45) is 0 Å². The summed E-state index contributed by atoms with van der Waals surface area (Å²) < 4.78 is 7.37. The Bertz CT molecular complexity index is 1780. The lowest BCUT2D eigenvalue weighted by Crippen LogP contribution is -2.60. The molecule has 1 saturated heterocycles. The lowest BCUT2D eigenvalue weighted by molar-refractivity contribution is -0.143. The van der Waals surface area contributed by atoms with E-state index < -0.39 is 72.5 Å². The average Bonchev–Trinajstić information content (AvgIpc) is 3.74. The van der Waals surface area contributed by atoms with E-state index in [4.69, 9.17) is 4.74 Å². The Balaban J connectivity index is 1.44. The summed E-state index contributed by atoms with van der Waals surface area (Å²) in [5.74, 6) is -2.54. The highest BCUT2D eigenvalue weighted by Gasteiger charge is 2.44. The minimum atomic E-state index is -1.49. The number of ether oxygens (including phenoxy) is 1. The summed E-state index contributed by atoms with van der Waals surface area (Å²) in [6, 6.07) is 10.5. The van der Waals surface area contributed by atoms with Gasteiger partial charge in [-0.05, 0) is 56.9 Å². The number of carbonyl (C=O) groups is 6. The number of aromatic nitrogens is 2. The number of fused-ring (bicyclic) bond motifs is 16. The molecule has 6 atom stereocenters. The van der Waals surface area contributed by atoms with Gasteiger partial charge in [-0.3, -0.25) is 28.8 Å². The highest BCUT2D eigenvalue weighted by atomic mass is 16.5. The van der Waals surface area contributed by atoms with Gasteiger partial charge >= 0.3 is 0 Å². The first kappa shape index (κ1) is 38.5. The molecule has 53 heavy (non-hydrogen) atoms. The highest BCUT2D eigenvalue weighted by Crippen LogP contribution is 2.22. The number of aliphatic hydroxyl groups excluding tert-OH is 1. The molecular formula is C37H46N8O8. The summed E-state index contributed by atoms with van der Waals surface area (Å²) in [5.41, 5.74) is 1.63. The first-order valence-corrected chi connectivity index (χ1v) is 17.6. The van der Waals surface area contributed by atoms with E-state index in [1.807, 2.05) is 18.2 Å². The lowest BCUT2D eigenvalue weighted by Gasteiger charge is -2.30. The molecular weight excluding hydrogens is 684 g/mol. The Kier molecular flexibility index (Phi) is 12.8. The molecule has 282 valence electrons. The molecule has 3 aliphatic rings. The zero-order chi connectivity index (χ0) is 38.1. The fourth-order valence-electron chi connectivity index (χ4n) is 6.33. The monoisotopic (exact) mass is 730 g/mol. The largest absolute Gasteiger partial charge is 0.484 e. The molecule has 2 aromatic carbocycles. The van der Waals surface area contributed by atoms with Crippen molar-refractivity contribution in [1.29, 1.82) is 0 Å². The van der Waals surface area contributed by atoms with E-state index in [1.54, 1.807) is 60.3 Å². The van der Waals surface area contributed by atoms with Crippen LogP contribution in [0.2, 0.25) is 0 Å².